The zero-order valence-electron chi connectivity index (χ0n) is 13.2. The average Bonchev–Trinajstić information content (AvgIpc) is 2.88. The maximum absolute atomic E-state index is 11.0. The topological polar surface area (TPSA) is 91.8 Å². The van der Waals surface area contributed by atoms with Gasteiger partial charge in [0, 0.05) is 26.6 Å². The first-order valence-corrected chi connectivity index (χ1v) is 9.01. The van der Waals surface area contributed by atoms with Crippen LogP contribution in [-0.4, -0.2) is 53.4 Å². The van der Waals surface area contributed by atoms with Crippen molar-refractivity contribution in [3.05, 3.63) is 29.8 Å². The number of nitrogens with one attached hydrogen (secondary N) is 3. The molecule has 0 fully saturated rings. The molecule has 23 heavy (non-hydrogen) atoms. The van der Waals surface area contributed by atoms with Gasteiger partial charge in [0.1, 0.15) is 11.9 Å². The molecule has 2 rings (SSSR count). The highest BCUT2D eigenvalue weighted by Gasteiger charge is 2.22. The molecule has 0 spiro atoms. The first-order chi connectivity index (χ1) is 10.5. The normalized spacial score (nSPS) is 17.0. The molecule has 7 nitrogen and oxygen atoms in total. The Morgan fingerprint density at radius 1 is 1.30 bits per heavy atom. The summed E-state index contributed by atoms with van der Waals surface area (Å²) in [6.45, 7) is 1.40. The van der Waals surface area contributed by atoms with Crippen LogP contribution < -0.4 is 20.1 Å². The second kappa shape index (κ2) is 9.28. The van der Waals surface area contributed by atoms with E-state index in [1.54, 1.807) is 7.05 Å². The molecular weight excluding hydrogens is 431 g/mol. The van der Waals surface area contributed by atoms with Crippen LogP contribution in [0.2, 0.25) is 0 Å². The Hall–Kier alpha value is -1.07. The van der Waals surface area contributed by atoms with E-state index in [0.29, 0.717) is 25.6 Å². The highest BCUT2D eigenvalue weighted by Crippen LogP contribution is 2.27. The monoisotopic (exact) mass is 454 g/mol. The number of fused-ring (bicyclic) bond motifs is 1. The van der Waals surface area contributed by atoms with Crippen molar-refractivity contribution in [3.63, 3.8) is 0 Å². The lowest BCUT2D eigenvalue weighted by Crippen LogP contribution is -2.44. The minimum atomic E-state index is -3.16. The molecule has 9 heteroatoms. The Labute approximate surface area is 154 Å². The van der Waals surface area contributed by atoms with Crippen LogP contribution in [-0.2, 0) is 16.4 Å². The van der Waals surface area contributed by atoms with Gasteiger partial charge in [-0.15, -0.1) is 24.0 Å². The van der Waals surface area contributed by atoms with Crippen LogP contribution in [0.25, 0.3) is 0 Å². The summed E-state index contributed by atoms with van der Waals surface area (Å²) in [7, 11) is -1.48. The largest absolute Gasteiger partial charge is 0.488 e. The molecule has 3 N–H and O–H groups in total. The molecule has 1 unspecified atom stereocenters. The maximum Gasteiger partial charge on any atom is 0.208 e. The highest BCUT2D eigenvalue weighted by molar-refractivity contribution is 14.0. The smallest absolute Gasteiger partial charge is 0.208 e. The van der Waals surface area contributed by atoms with Gasteiger partial charge in [-0.2, -0.15) is 0 Å². The Morgan fingerprint density at radius 3 is 2.70 bits per heavy atom. The Bertz CT molecular complexity index is 612. The second-order valence-corrected chi connectivity index (χ2v) is 6.93. The van der Waals surface area contributed by atoms with Crippen LogP contribution in [0.4, 0.5) is 0 Å². The number of sulfonamides is 1. The summed E-state index contributed by atoms with van der Waals surface area (Å²) >= 11 is 0. The fourth-order valence-corrected chi connectivity index (χ4v) is 2.69. The van der Waals surface area contributed by atoms with E-state index in [1.807, 2.05) is 18.2 Å². The quantitative estimate of drug-likeness (QED) is 0.249. The molecule has 0 bridgehead atoms. The molecule has 1 aliphatic rings. The second-order valence-electron chi connectivity index (χ2n) is 5.10. The molecule has 0 aromatic heterocycles. The molecular formula is C14H23IN4O3S. The van der Waals surface area contributed by atoms with E-state index in [4.69, 9.17) is 4.74 Å². The van der Waals surface area contributed by atoms with Crippen molar-refractivity contribution in [2.45, 2.75) is 12.5 Å². The van der Waals surface area contributed by atoms with Gasteiger partial charge in [-0.05, 0) is 11.6 Å². The van der Waals surface area contributed by atoms with Crippen molar-refractivity contribution < 1.29 is 13.2 Å². The van der Waals surface area contributed by atoms with Gasteiger partial charge >= 0.3 is 0 Å². The first-order valence-electron chi connectivity index (χ1n) is 7.11. The summed E-state index contributed by atoms with van der Waals surface area (Å²) < 4.78 is 30.2. The molecule has 1 aliphatic heterocycles. The van der Waals surface area contributed by atoms with Gasteiger partial charge in [0.05, 0.1) is 12.8 Å². The number of ether oxygens (including phenoxy) is 1. The van der Waals surface area contributed by atoms with E-state index in [2.05, 4.69) is 26.4 Å². The van der Waals surface area contributed by atoms with Crippen LogP contribution >= 0.6 is 24.0 Å². The molecule has 1 aromatic carbocycles. The van der Waals surface area contributed by atoms with Crippen molar-refractivity contribution in [1.29, 1.82) is 0 Å². The van der Waals surface area contributed by atoms with Crippen molar-refractivity contribution in [2.75, 3.05) is 32.9 Å². The summed E-state index contributed by atoms with van der Waals surface area (Å²) in [5, 5.41) is 6.22. The van der Waals surface area contributed by atoms with E-state index in [9.17, 15) is 8.42 Å². The number of nitrogens with zero attached hydrogens (tertiary/aromatic N) is 1. The summed E-state index contributed by atoms with van der Waals surface area (Å²) in [6.07, 6.45) is 2.08. The first kappa shape index (κ1) is 20.0. The third-order valence-electron chi connectivity index (χ3n) is 3.22. The Balaban J connectivity index is 0.00000264. The molecule has 0 saturated heterocycles. The van der Waals surface area contributed by atoms with Crippen LogP contribution in [0.3, 0.4) is 0 Å². The van der Waals surface area contributed by atoms with Gasteiger partial charge in [0.25, 0.3) is 0 Å². The predicted octanol–water partition coefficient (Wildman–Crippen LogP) is 0.322. The van der Waals surface area contributed by atoms with Gasteiger partial charge in [0.15, 0.2) is 5.96 Å². The van der Waals surface area contributed by atoms with Crippen LogP contribution in [0.1, 0.15) is 5.56 Å². The highest BCUT2D eigenvalue weighted by atomic mass is 127. The number of halogens is 1. The number of benzene rings is 1. The Kier molecular flexibility index (Phi) is 8.06. The van der Waals surface area contributed by atoms with E-state index < -0.39 is 10.0 Å². The molecule has 0 saturated carbocycles. The number of guanidine groups is 1. The third-order valence-corrected chi connectivity index (χ3v) is 3.94. The van der Waals surface area contributed by atoms with Gasteiger partial charge in [-0.25, -0.2) is 13.1 Å². The minimum absolute atomic E-state index is 0. The SMILES string of the molecule is CN=C(NCCNS(C)(=O)=O)NCC1Cc2ccccc2O1.I. The molecule has 1 heterocycles. The van der Waals surface area contributed by atoms with Gasteiger partial charge in [-0.1, -0.05) is 18.2 Å². The fraction of sp³-hybridized carbons (Fsp3) is 0.500. The van der Waals surface area contributed by atoms with E-state index in [1.165, 1.54) is 5.56 Å². The minimum Gasteiger partial charge on any atom is -0.488 e. The van der Waals surface area contributed by atoms with Gasteiger partial charge < -0.3 is 15.4 Å². The molecule has 0 aliphatic carbocycles. The predicted molar refractivity (Wildman–Crippen MR) is 102 cm³/mol. The lowest BCUT2D eigenvalue weighted by molar-refractivity contribution is 0.235. The lowest BCUT2D eigenvalue weighted by atomic mass is 10.1. The van der Waals surface area contributed by atoms with Crippen LogP contribution in [0.15, 0.2) is 29.3 Å². The molecule has 0 amide bonds. The fourth-order valence-electron chi connectivity index (χ4n) is 2.22. The summed E-state index contributed by atoms with van der Waals surface area (Å²) in [5.41, 5.74) is 1.22. The zero-order valence-corrected chi connectivity index (χ0v) is 16.4. The zero-order chi connectivity index (χ0) is 16.0. The van der Waals surface area contributed by atoms with Gasteiger partial charge in [0.2, 0.25) is 10.0 Å². The van der Waals surface area contributed by atoms with Crippen molar-refractivity contribution >= 4 is 40.0 Å². The number of hydrogen-bond acceptors (Lipinski definition) is 4. The third kappa shape index (κ3) is 6.92. The maximum atomic E-state index is 11.0. The summed E-state index contributed by atoms with van der Waals surface area (Å²) in [5.74, 6) is 1.56. The summed E-state index contributed by atoms with van der Waals surface area (Å²) in [6, 6.07) is 8.01. The molecule has 130 valence electrons. The van der Waals surface area contributed by atoms with Crippen molar-refractivity contribution in [2.24, 2.45) is 4.99 Å². The number of aliphatic imine (C=N–C) groups is 1. The van der Waals surface area contributed by atoms with Gasteiger partial charge in [-0.3, -0.25) is 4.99 Å². The van der Waals surface area contributed by atoms with E-state index >= 15 is 0 Å². The summed E-state index contributed by atoms with van der Waals surface area (Å²) in [4.78, 5) is 4.09. The van der Waals surface area contributed by atoms with Crippen molar-refractivity contribution in [3.8, 4) is 5.75 Å². The molecule has 0 radical (unpaired) electrons. The molecule has 1 aromatic rings. The Morgan fingerprint density at radius 2 is 2.04 bits per heavy atom. The average molecular weight is 454 g/mol. The van der Waals surface area contributed by atoms with E-state index in [0.717, 1.165) is 18.4 Å². The number of para-hydroxylation sites is 1. The van der Waals surface area contributed by atoms with Crippen molar-refractivity contribution in [1.82, 2.24) is 15.4 Å². The van der Waals surface area contributed by atoms with Crippen LogP contribution in [0.5, 0.6) is 5.75 Å². The van der Waals surface area contributed by atoms with E-state index in [-0.39, 0.29) is 30.1 Å². The number of rotatable bonds is 6. The lowest BCUT2D eigenvalue weighted by Gasteiger charge is -2.15. The van der Waals surface area contributed by atoms with Crippen LogP contribution in [0, 0.1) is 0 Å². The number of hydrogen-bond donors (Lipinski definition) is 3. The molecule has 1 atom stereocenters. The standard InChI is InChI=1S/C14H22N4O3S.HI/c1-15-14(16-7-8-18-22(2,19)20)17-10-12-9-11-5-3-4-6-13(11)21-12;/h3-6,12,18H,7-10H2,1-2H3,(H2,15,16,17);1H.